The second kappa shape index (κ2) is 6.78. The molecule has 0 aromatic heterocycles. The molecule has 3 aromatic carbocycles. The summed E-state index contributed by atoms with van der Waals surface area (Å²) in [6.07, 6.45) is 6.39. The fourth-order valence-corrected chi connectivity index (χ4v) is 3.30. The number of nitrogens with one attached hydrogen (secondary N) is 1. The summed E-state index contributed by atoms with van der Waals surface area (Å²) in [6.45, 7) is 2.08. The van der Waals surface area contributed by atoms with Gasteiger partial charge < -0.3 is 0 Å². The van der Waals surface area contributed by atoms with Gasteiger partial charge in [0.2, 0.25) is 0 Å². The van der Waals surface area contributed by atoms with Gasteiger partial charge in [0.1, 0.15) is 0 Å². The van der Waals surface area contributed by atoms with E-state index in [-0.39, 0.29) is 5.92 Å². The van der Waals surface area contributed by atoms with Crippen molar-refractivity contribution in [2.75, 3.05) is 5.43 Å². The first-order chi connectivity index (χ1) is 12.3. The molecule has 2 nitrogen and oxygen atoms in total. The predicted octanol–water partition coefficient (Wildman–Crippen LogP) is 5.60. The van der Waals surface area contributed by atoms with E-state index in [0.29, 0.717) is 0 Å². The number of nitrogens with zero attached hydrogens (tertiary/aromatic N) is 1. The Hall–Kier alpha value is -3.13. The third-order valence-corrected chi connectivity index (χ3v) is 4.66. The first-order valence-corrected chi connectivity index (χ1v) is 8.54. The lowest BCUT2D eigenvalue weighted by molar-refractivity contribution is 1.05. The summed E-state index contributed by atoms with van der Waals surface area (Å²) < 4.78 is 0. The quantitative estimate of drug-likeness (QED) is 0.490. The number of hydrazone groups is 1. The van der Waals surface area contributed by atoms with E-state index in [1.54, 1.807) is 0 Å². The minimum atomic E-state index is 0.289. The number of rotatable bonds is 4. The number of hydrogen-bond acceptors (Lipinski definition) is 2. The lowest BCUT2D eigenvalue weighted by Gasteiger charge is -2.14. The van der Waals surface area contributed by atoms with Crippen molar-refractivity contribution >= 4 is 18.0 Å². The summed E-state index contributed by atoms with van der Waals surface area (Å²) in [6, 6.07) is 25.2. The smallest absolute Gasteiger partial charge is 0.0590 e. The fourth-order valence-electron chi connectivity index (χ4n) is 3.30. The molecule has 0 saturated heterocycles. The van der Waals surface area contributed by atoms with Crippen LogP contribution in [0.15, 0.2) is 84.0 Å². The molecule has 1 atom stereocenters. The zero-order valence-corrected chi connectivity index (χ0v) is 14.2. The van der Waals surface area contributed by atoms with Crippen LogP contribution in [0.4, 0.5) is 5.69 Å². The summed E-state index contributed by atoms with van der Waals surface area (Å²) in [7, 11) is 0. The first kappa shape index (κ1) is 15.4. The van der Waals surface area contributed by atoms with Gasteiger partial charge in [-0.25, -0.2) is 0 Å². The Bertz CT molecular complexity index is 954. The zero-order chi connectivity index (χ0) is 17.1. The van der Waals surface area contributed by atoms with E-state index in [1.807, 2.05) is 24.4 Å². The van der Waals surface area contributed by atoms with Crippen molar-refractivity contribution in [3.63, 3.8) is 0 Å². The number of benzene rings is 3. The molecule has 122 valence electrons. The van der Waals surface area contributed by atoms with Crippen LogP contribution in [0, 0.1) is 6.92 Å². The minimum absolute atomic E-state index is 0.289. The second-order valence-electron chi connectivity index (χ2n) is 6.28. The molecular weight excluding hydrogens is 304 g/mol. The molecule has 4 rings (SSSR count). The van der Waals surface area contributed by atoms with Crippen LogP contribution < -0.4 is 5.43 Å². The second-order valence-corrected chi connectivity index (χ2v) is 6.28. The Morgan fingerprint density at radius 2 is 1.56 bits per heavy atom. The van der Waals surface area contributed by atoms with E-state index >= 15 is 0 Å². The average Bonchev–Trinajstić information content (AvgIpc) is 3.08. The van der Waals surface area contributed by atoms with Crippen LogP contribution in [0.1, 0.15) is 33.7 Å². The highest BCUT2D eigenvalue weighted by Gasteiger charge is 2.20. The molecule has 1 aliphatic carbocycles. The van der Waals surface area contributed by atoms with Crippen LogP contribution >= 0.6 is 0 Å². The van der Waals surface area contributed by atoms with Crippen molar-refractivity contribution in [1.82, 2.24) is 0 Å². The summed E-state index contributed by atoms with van der Waals surface area (Å²) in [5, 5.41) is 4.46. The van der Waals surface area contributed by atoms with Gasteiger partial charge in [-0.2, -0.15) is 5.10 Å². The Balaban J connectivity index is 1.61. The van der Waals surface area contributed by atoms with Crippen LogP contribution in [0.25, 0.3) is 6.08 Å². The highest BCUT2D eigenvalue weighted by Crippen LogP contribution is 2.36. The molecule has 0 amide bonds. The molecule has 0 bridgehead atoms. The largest absolute Gasteiger partial charge is 0.278 e. The maximum atomic E-state index is 4.46. The summed E-state index contributed by atoms with van der Waals surface area (Å²) in [4.78, 5) is 0. The molecule has 0 spiro atoms. The average molecular weight is 324 g/mol. The minimum Gasteiger partial charge on any atom is -0.278 e. The maximum absolute atomic E-state index is 4.46. The Kier molecular flexibility index (Phi) is 4.17. The van der Waals surface area contributed by atoms with E-state index in [1.165, 1.54) is 22.3 Å². The van der Waals surface area contributed by atoms with Crippen LogP contribution in [-0.4, -0.2) is 6.21 Å². The maximum Gasteiger partial charge on any atom is 0.0590 e. The summed E-state index contributed by atoms with van der Waals surface area (Å²) in [5.74, 6) is 0.289. The van der Waals surface area contributed by atoms with Crippen molar-refractivity contribution in [3.8, 4) is 0 Å². The number of allylic oxidation sites excluding steroid dienone is 1. The van der Waals surface area contributed by atoms with Gasteiger partial charge in [-0.05, 0) is 40.8 Å². The SMILES string of the molecule is Cc1ccccc1N/N=C/c1ccccc1C1C=Cc2ccccc21. The van der Waals surface area contributed by atoms with Gasteiger partial charge in [0, 0.05) is 5.92 Å². The first-order valence-electron chi connectivity index (χ1n) is 8.54. The zero-order valence-electron chi connectivity index (χ0n) is 14.2. The van der Waals surface area contributed by atoms with Gasteiger partial charge in [0.05, 0.1) is 11.9 Å². The monoisotopic (exact) mass is 324 g/mol. The van der Waals surface area contributed by atoms with Gasteiger partial charge in [-0.3, -0.25) is 5.43 Å². The van der Waals surface area contributed by atoms with Gasteiger partial charge in [-0.1, -0.05) is 78.9 Å². The lowest BCUT2D eigenvalue weighted by Crippen LogP contribution is -2.01. The van der Waals surface area contributed by atoms with Gasteiger partial charge in [0.25, 0.3) is 0 Å². The number of hydrogen-bond donors (Lipinski definition) is 1. The summed E-state index contributed by atoms with van der Waals surface area (Å²) in [5.41, 5.74) is 10.4. The summed E-state index contributed by atoms with van der Waals surface area (Å²) >= 11 is 0. The standard InChI is InChI=1S/C23H20N2/c1-17-8-2-7-13-23(17)25-24-16-19-10-4-6-12-21(19)22-15-14-18-9-3-5-11-20(18)22/h2-16,22,25H,1H3/b24-16+. The van der Waals surface area contributed by atoms with Crippen molar-refractivity contribution in [2.45, 2.75) is 12.8 Å². The topological polar surface area (TPSA) is 24.4 Å². The van der Waals surface area contributed by atoms with Gasteiger partial charge >= 0.3 is 0 Å². The molecule has 0 heterocycles. The molecule has 0 saturated carbocycles. The lowest BCUT2D eigenvalue weighted by atomic mass is 9.90. The van der Waals surface area contributed by atoms with E-state index in [4.69, 9.17) is 0 Å². The van der Waals surface area contributed by atoms with E-state index in [0.717, 1.165) is 11.3 Å². The predicted molar refractivity (Wildman–Crippen MR) is 106 cm³/mol. The van der Waals surface area contributed by atoms with E-state index in [9.17, 15) is 0 Å². The van der Waals surface area contributed by atoms with Crippen molar-refractivity contribution in [3.05, 3.63) is 107 Å². The van der Waals surface area contributed by atoms with Crippen molar-refractivity contribution in [2.24, 2.45) is 5.10 Å². The van der Waals surface area contributed by atoms with Gasteiger partial charge in [-0.15, -0.1) is 0 Å². The van der Waals surface area contributed by atoms with Crippen LogP contribution in [0.3, 0.4) is 0 Å². The van der Waals surface area contributed by atoms with Gasteiger partial charge in [0.15, 0.2) is 0 Å². The molecule has 1 aliphatic rings. The third-order valence-electron chi connectivity index (χ3n) is 4.66. The molecular formula is C23H20N2. The normalized spacial score (nSPS) is 15.5. The molecule has 2 heteroatoms. The van der Waals surface area contributed by atoms with Crippen molar-refractivity contribution < 1.29 is 0 Å². The Morgan fingerprint density at radius 1 is 0.840 bits per heavy atom. The van der Waals surface area contributed by atoms with Crippen molar-refractivity contribution in [1.29, 1.82) is 0 Å². The van der Waals surface area contributed by atoms with Crippen LogP contribution in [0.5, 0.6) is 0 Å². The number of para-hydroxylation sites is 1. The Labute approximate surface area is 148 Å². The molecule has 0 radical (unpaired) electrons. The molecule has 0 aliphatic heterocycles. The van der Waals surface area contributed by atoms with E-state index in [2.05, 4.69) is 84.2 Å². The van der Waals surface area contributed by atoms with E-state index < -0.39 is 0 Å². The number of aryl methyl sites for hydroxylation is 1. The van der Waals surface area contributed by atoms with Crippen LogP contribution in [-0.2, 0) is 0 Å². The Morgan fingerprint density at radius 3 is 2.44 bits per heavy atom. The molecule has 25 heavy (non-hydrogen) atoms. The molecule has 3 aromatic rings. The van der Waals surface area contributed by atoms with Crippen LogP contribution in [0.2, 0.25) is 0 Å². The molecule has 1 unspecified atom stereocenters. The molecule has 0 fully saturated rings. The number of anilines is 1. The highest BCUT2D eigenvalue weighted by atomic mass is 15.3. The number of fused-ring (bicyclic) bond motifs is 1. The third kappa shape index (κ3) is 3.11. The molecule has 1 N–H and O–H groups in total. The highest BCUT2D eigenvalue weighted by molar-refractivity contribution is 5.84. The fraction of sp³-hybridized carbons (Fsp3) is 0.0870.